The second-order valence-electron chi connectivity index (χ2n) is 13.1. The molecule has 10 nitrogen and oxygen atoms in total. The van der Waals surface area contributed by atoms with E-state index in [-0.39, 0.29) is 22.9 Å². The van der Waals surface area contributed by atoms with Crippen molar-refractivity contribution in [1.29, 1.82) is 0 Å². The average molecular weight is 610 g/mol. The number of ether oxygens (including phenoxy) is 3. The molecule has 0 aromatic heterocycles. The number of methoxy groups -OCH3 is 2. The van der Waals surface area contributed by atoms with Gasteiger partial charge < -0.3 is 39.3 Å². The normalized spacial score (nSPS) is 16.5. The van der Waals surface area contributed by atoms with Crippen molar-refractivity contribution in [2.45, 2.75) is 90.6 Å². The van der Waals surface area contributed by atoms with Crippen LogP contribution in [0.3, 0.4) is 0 Å². The number of carbonyl (C=O) groups excluding carboxylic acids is 1. The lowest BCUT2D eigenvalue weighted by Gasteiger charge is -2.44. The molecule has 2 rings (SSSR count). The summed E-state index contributed by atoms with van der Waals surface area (Å²) in [5, 5.41) is 15.6. The Hall–Kier alpha value is -2.50. The Morgan fingerprint density at radius 1 is 1.17 bits per heavy atom. The molecule has 1 heterocycles. The standard InChI is InChI=1S/C31H55N3O7Si/c1-22(2)24(18-23-12-13-26(39-7)27(19-23)40-17-11-16-38-6)20-25(33-30(36)37)28(41-42(8,9)31(3,4)5)21-34-15-10-14-32-29(34)35/h12-13,19,22,24-25,28,33H,10-11,14-18,20-21H2,1-9H3,(H,32,35)(H,36,37)/t24-,25-,28-/m0/s1. The molecule has 240 valence electrons. The predicted molar refractivity (Wildman–Crippen MR) is 168 cm³/mol. The Bertz CT molecular complexity index is 999. The zero-order chi connectivity index (χ0) is 31.5. The van der Waals surface area contributed by atoms with Gasteiger partial charge in [0.15, 0.2) is 19.8 Å². The molecular weight excluding hydrogens is 554 g/mol. The zero-order valence-corrected chi connectivity index (χ0v) is 28.2. The largest absolute Gasteiger partial charge is 0.493 e. The zero-order valence-electron chi connectivity index (χ0n) is 27.2. The number of hydrogen-bond donors (Lipinski definition) is 3. The van der Waals surface area contributed by atoms with Crippen LogP contribution in [-0.4, -0.2) is 89.7 Å². The fourth-order valence-corrected chi connectivity index (χ4v) is 6.25. The Labute approximate surface area is 253 Å². The molecule has 11 heteroatoms. The summed E-state index contributed by atoms with van der Waals surface area (Å²) >= 11 is 0. The van der Waals surface area contributed by atoms with Crippen LogP contribution in [0.5, 0.6) is 11.5 Å². The van der Waals surface area contributed by atoms with E-state index in [1.807, 2.05) is 18.2 Å². The minimum Gasteiger partial charge on any atom is -0.493 e. The molecule has 1 aromatic rings. The number of amides is 3. The summed E-state index contributed by atoms with van der Waals surface area (Å²) in [5.41, 5.74) is 1.09. The molecule has 1 aromatic carbocycles. The van der Waals surface area contributed by atoms with Crippen LogP contribution in [0.25, 0.3) is 0 Å². The van der Waals surface area contributed by atoms with Crippen LogP contribution in [0.4, 0.5) is 9.59 Å². The van der Waals surface area contributed by atoms with Gasteiger partial charge in [-0.1, -0.05) is 40.7 Å². The van der Waals surface area contributed by atoms with Crippen LogP contribution < -0.4 is 20.1 Å². The first-order chi connectivity index (χ1) is 19.7. The van der Waals surface area contributed by atoms with Crippen molar-refractivity contribution in [2.75, 3.05) is 47.1 Å². The smallest absolute Gasteiger partial charge is 0.404 e. The summed E-state index contributed by atoms with van der Waals surface area (Å²) in [7, 11) is 0.987. The number of benzene rings is 1. The first-order valence-electron chi connectivity index (χ1n) is 15.2. The molecule has 1 aliphatic heterocycles. The molecule has 3 atom stereocenters. The number of rotatable bonds is 17. The van der Waals surface area contributed by atoms with Crippen molar-refractivity contribution in [2.24, 2.45) is 11.8 Å². The highest BCUT2D eigenvalue weighted by atomic mass is 28.4. The van der Waals surface area contributed by atoms with Crippen LogP contribution >= 0.6 is 0 Å². The summed E-state index contributed by atoms with van der Waals surface area (Å²) in [6.07, 6.45) is 1.33. The lowest BCUT2D eigenvalue weighted by molar-refractivity contribution is 0.0780. The fourth-order valence-electron chi connectivity index (χ4n) is 4.90. The van der Waals surface area contributed by atoms with Gasteiger partial charge in [-0.25, -0.2) is 9.59 Å². The third-order valence-corrected chi connectivity index (χ3v) is 13.1. The quantitative estimate of drug-likeness (QED) is 0.152. The van der Waals surface area contributed by atoms with Crippen molar-refractivity contribution < 1.29 is 33.3 Å². The first kappa shape index (κ1) is 35.7. The summed E-state index contributed by atoms with van der Waals surface area (Å²) in [4.78, 5) is 26.6. The molecule has 0 radical (unpaired) electrons. The summed E-state index contributed by atoms with van der Waals surface area (Å²) in [6, 6.07) is 5.35. The third kappa shape index (κ3) is 11.0. The highest BCUT2D eigenvalue weighted by molar-refractivity contribution is 6.74. The molecule has 42 heavy (non-hydrogen) atoms. The number of carboxylic acid groups (broad SMARTS) is 1. The molecule has 1 saturated heterocycles. The topological polar surface area (TPSA) is 119 Å². The highest BCUT2D eigenvalue weighted by Crippen LogP contribution is 2.38. The maximum Gasteiger partial charge on any atom is 0.404 e. The van der Waals surface area contributed by atoms with E-state index in [1.54, 1.807) is 19.1 Å². The summed E-state index contributed by atoms with van der Waals surface area (Å²) in [6.45, 7) is 17.9. The second-order valence-corrected chi connectivity index (χ2v) is 17.9. The molecule has 0 saturated carbocycles. The number of urea groups is 1. The van der Waals surface area contributed by atoms with Crippen LogP contribution in [0.15, 0.2) is 18.2 Å². The first-order valence-corrected chi connectivity index (χ1v) is 18.1. The Kier molecular flexibility index (Phi) is 13.9. The highest BCUT2D eigenvalue weighted by Gasteiger charge is 2.42. The van der Waals surface area contributed by atoms with Crippen molar-refractivity contribution >= 4 is 20.4 Å². The van der Waals surface area contributed by atoms with E-state index in [4.69, 9.17) is 18.6 Å². The lowest BCUT2D eigenvalue weighted by atomic mass is 9.83. The SMILES string of the molecule is COCCCOc1cc(C[C@@H](C[C@H](NC(=O)O)[C@H](CN2CCCNC2=O)O[Si](C)(C)C(C)(C)C)C(C)C)ccc1OC. The van der Waals surface area contributed by atoms with Gasteiger partial charge in [-0.15, -0.1) is 0 Å². The molecule has 3 N–H and O–H groups in total. The number of nitrogens with one attached hydrogen (secondary N) is 2. The Balaban J connectivity index is 2.36. The third-order valence-electron chi connectivity index (χ3n) is 8.55. The molecule has 1 fully saturated rings. The van der Waals surface area contributed by atoms with Gasteiger partial charge >= 0.3 is 12.1 Å². The van der Waals surface area contributed by atoms with Gasteiger partial charge in [0.1, 0.15) is 0 Å². The summed E-state index contributed by atoms with van der Waals surface area (Å²) < 4.78 is 23.6. The molecule has 0 spiro atoms. The van der Waals surface area contributed by atoms with E-state index in [2.05, 4.69) is 58.3 Å². The van der Waals surface area contributed by atoms with E-state index in [0.717, 1.165) is 24.8 Å². The van der Waals surface area contributed by atoms with Gasteiger partial charge in [0.05, 0.1) is 25.9 Å². The van der Waals surface area contributed by atoms with Crippen LogP contribution in [0.1, 0.15) is 59.4 Å². The van der Waals surface area contributed by atoms with Gasteiger partial charge in [-0.3, -0.25) is 0 Å². The van der Waals surface area contributed by atoms with E-state index in [9.17, 15) is 14.7 Å². The van der Waals surface area contributed by atoms with E-state index >= 15 is 0 Å². The molecule has 0 aliphatic carbocycles. The van der Waals surface area contributed by atoms with Gasteiger partial charge in [-0.05, 0) is 66.9 Å². The Morgan fingerprint density at radius 3 is 2.45 bits per heavy atom. The van der Waals surface area contributed by atoms with Gasteiger partial charge in [0, 0.05) is 39.8 Å². The monoisotopic (exact) mass is 609 g/mol. The molecule has 3 amide bonds. The molecule has 0 bridgehead atoms. The Morgan fingerprint density at radius 2 is 1.88 bits per heavy atom. The minimum absolute atomic E-state index is 0.0800. The van der Waals surface area contributed by atoms with Crippen molar-refractivity contribution in [3.8, 4) is 11.5 Å². The number of hydrogen-bond acceptors (Lipinski definition) is 6. The number of carbonyl (C=O) groups is 2. The van der Waals surface area contributed by atoms with Crippen molar-refractivity contribution in [1.82, 2.24) is 15.5 Å². The summed E-state index contributed by atoms with van der Waals surface area (Å²) in [5.74, 6) is 1.76. The second kappa shape index (κ2) is 16.4. The van der Waals surface area contributed by atoms with E-state index in [1.165, 1.54) is 0 Å². The number of nitrogens with zero attached hydrogens (tertiary/aromatic N) is 1. The average Bonchev–Trinajstić information content (AvgIpc) is 2.90. The van der Waals surface area contributed by atoms with Gasteiger partial charge in [0.25, 0.3) is 0 Å². The van der Waals surface area contributed by atoms with Crippen molar-refractivity contribution in [3.05, 3.63) is 23.8 Å². The predicted octanol–water partition coefficient (Wildman–Crippen LogP) is 5.76. The van der Waals surface area contributed by atoms with Gasteiger partial charge in [0.2, 0.25) is 0 Å². The molecule has 1 aliphatic rings. The fraction of sp³-hybridized carbons (Fsp3) is 0.742. The van der Waals surface area contributed by atoms with E-state index in [0.29, 0.717) is 50.8 Å². The van der Waals surface area contributed by atoms with Crippen LogP contribution in [0, 0.1) is 11.8 Å². The van der Waals surface area contributed by atoms with Crippen LogP contribution in [0.2, 0.25) is 18.1 Å². The van der Waals surface area contributed by atoms with Crippen molar-refractivity contribution in [3.63, 3.8) is 0 Å². The maximum absolute atomic E-state index is 12.7. The lowest BCUT2D eigenvalue weighted by Crippen LogP contribution is -2.58. The maximum atomic E-state index is 12.7. The molecule has 0 unspecified atom stereocenters. The van der Waals surface area contributed by atoms with Crippen LogP contribution in [-0.2, 0) is 15.6 Å². The minimum atomic E-state index is -2.31. The molecular formula is C31H55N3O7Si. The van der Waals surface area contributed by atoms with E-state index < -0.39 is 26.6 Å². The van der Waals surface area contributed by atoms with Gasteiger partial charge in [-0.2, -0.15) is 0 Å².